The van der Waals surface area contributed by atoms with Gasteiger partial charge in [-0.15, -0.1) is 10.2 Å². The highest BCUT2D eigenvalue weighted by Gasteiger charge is 2.32. The van der Waals surface area contributed by atoms with E-state index in [9.17, 15) is 19.8 Å². The van der Waals surface area contributed by atoms with E-state index in [1.807, 2.05) is 0 Å². The summed E-state index contributed by atoms with van der Waals surface area (Å²) >= 11 is 0. The number of ether oxygens (including phenoxy) is 4. The molecule has 0 unspecified atom stereocenters. The van der Waals surface area contributed by atoms with E-state index in [0.717, 1.165) is 6.61 Å². The molecule has 2 N–H and O–H groups in total. The van der Waals surface area contributed by atoms with Gasteiger partial charge in [0, 0.05) is 0 Å². The molecular weight excluding hydrogens is 548 g/mol. The molecule has 1 aliphatic rings. The molecule has 0 saturated carbocycles. The minimum atomic E-state index is -0.923. The molecule has 1 fully saturated rings. The van der Waals surface area contributed by atoms with Gasteiger partial charge >= 0.3 is 11.9 Å². The second kappa shape index (κ2) is 15.1. The van der Waals surface area contributed by atoms with Gasteiger partial charge in [0.2, 0.25) is 0 Å². The van der Waals surface area contributed by atoms with Crippen LogP contribution in [0.3, 0.4) is 0 Å². The maximum atomic E-state index is 11.7. The zero-order chi connectivity index (χ0) is 29.5. The molecule has 232 valence electrons. The lowest BCUT2D eigenvalue weighted by Gasteiger charge is -2.17. The summed E-state index contributed by atoms with van der Waals surface area (Å²) in [4.78, 5) is 23.1. The Balaban J connectivity index is 0.000000353. The standard InChI is InChI=1S/C13H17N3O4.C9H9N3O3.C4H8O.2CH4/c1-4-19-12(17)11-10-6-5-9(7-16(10)15-14-11)20-8-13(2,3)18;1-2-15-9(14)8-7-4-3-6(13)5-12(7)11-10-8;1-4(2)3-5-4;;/h5-7,18H,4,8H2,1-3H3;3-5,13H,2H2,1H3;3H2,1-2H3;2*1H4. The van der Waals surface area contributed by atoms with Crippen LogP contribution >= 0.6 is 0 Å². The Hall–Kier alpha value is -4.30. The number of epoxide rings is 1. The van der Waals surface area contributed by atoms with Crippen molar-refractivity contribution >= 4 is 23.0 Å². The summed E-state index contributed by atoms with van der Waals surface area (Å²) in [6, 6.07) is 6.38. The molecule has 4 aromatic rings. The van der Waals surface area contributed by atoms with Crippen LogP contribution in [-0.2, 0) is 14.2 Å². The van der Waals surface area contributed by atoms with Crippen molar-refractivity contribution in [3.63, 3.8) is 0 Å². The average molecular weight is 591 g/mol. The quantitative estimate of drug-likeness (QED) is 0.236. The highest BCUT2D eigenvalue weighted by molar-refractivity contribution is 5.95. The van der Waals surface area contributed by atoms with Gasteiger partial charge in [0.1, 0.15) is 29.1 Å². The lowest BCUT2D eigenvalue weighted by molar-refractivity contribution is 0.0283. The topological polar surface area (TPSA) is 175 Å². The number of carbonyl (C=O) groups is 2. The van der Waals surface area contributed by atoms with Crippen LogP contribution in [0.1, 0.15) is 77.4 Å². The van der Waals surface area contributed by atoms with Crippen molar-refractivity contribution < 1.29 is 38.7 Å². The number of esters is 2. The van der Waals surface area contributed by atoms with Gasteiger partial charge in [-0.2, -0.15) is 0 Å². The van der Waals surface area contributed by atoms with E-state index >= 15 is 0 Å². The molecule has 0 bridgehead atoms. The van der Waals surface area contributed by atoms with Crippen molar-refractivity contribution in [2.75, 3.05) is 26.4 Å². The lowest BCUT2D eigenvalue weighted by atomic mass is 10.2. The fraction of sp³-hybridized carbons (Fsp3) is 0.500. The Morgan fingerprint density at radius 1 is 0.929 bits per heavy atom. The fourth-order valence-corrected chi connectivity index (χ4v) is 2.94. The second-order valence-corrected chi connectivity index (χ2v) is 9.88. The molecule has 0 aliphatic carbocycles. The summed E-state index contributed by atoms with van der Waals surface area (Å²) in [5.74, 6) is -0.436. The number of nitrogens with zero attached hydrogens (tertiary/aromatic N) is 6. The van der Waals surface area contributed by atoms with Crippen LogP contribution in [0.5, 0.6) is 11.5 Å². The van der Waals surface area contributed by atoms with Crippen LogP contribution in [0.4, 0.5) is 0 Å². The molecule has 5 rings (SSSR count). The van der Waals surface area contributed by atoms with Gasteiger partial charge in [0.25, 0.3) is 0 Å². The summed E-state index contributed by atoms with van der Waals surface area (Å²) in [6.07, 6.45) is 2.96. The number of aliphatic hydroxyl groups is 1. The van der Waals surface area contributed by atoms with Gasteiger partial charge in [-0.25, -0.2) is 18.6 Å². The molecule has 42 heavy (non-hydrogen) atoms. The van der Waals surface area contributed by atoms with Crippen molar-refractivity contribution in [1.29, 1.82) is 0 Å². The molecule has 14 nitrogen and oxygen atoms in total. The number of hydrogen-bond acceptors (Lipinski definition) is 12. The third kappa shape index (κ3) is 10.3. The Labute approximate surface area is 245 Å². The maximum absolute atomic E-state index is 11.7. The van der Waals surface area contributed by atoms with Crippen LogP contribution in [0.25, 0.3) is 11.0 Å². The molecule has 1 saturated heterocycles. The van der Waals surface area contributed by atoms with Gasteiger partial charge in [0.05, 0.1) is 43.4 Å². The van der Waals surface area contributed by atoms with Crippen molar-refractivity contribution in [3.05, 3.63) is 48.0 Å². The van der Waals surface area contributed by atoms with Gasteiger partial charge in [-0.05, 0) is 65.8 Å². The Bertz CT molecular complexity index is 1450. The number of aromatic nitrogens is 6. The monoisotopic (exact) mass is 590 g/mol. The number of rotatable bonds is 7. The smallest absolute Gasteiger partial charge is 0.361 e. The maximum Gasteiger partial charge on any atom is 0.361 e. The van der Waals surface area contributed by atoms with E-state index < -0.39 is 17.5 Å². The van der Waals surface area contributed by atoms with Gasteiger partial charge < -0.3 is 29.2 Å². The first kappa shape index (κ1) is 35.7. The predicted molar refractivity (Wildman–Crippen MR) is 155 cm³/mol. The zero-order valence-corrected chi connectivity index (χ0v) is 23.3. The molecule has 5 heterocycles. The molecule has 0 radical (unpaired) electrons. The first-order chi connectivity index (χ1) is 18.8. The predicted octanol–water partition coefficient (Wildman–Crippen LogP) is 3.73. The van der Waals surface area contributed by atoms with Gasteiger partial charge in [-0.1, -0.05) is 25.3 Å². The van der Waals surface area contributed by atoms with Crippen LogP contribution in [-0.4, -0.2) is 89.4 Å². The van der Waals surface area contributed by atoms with Gasteiger partial charge in [0.15, 0.2) is 11.4 Å². The van der Waals surface area contributed by atoms with Crippen LogP contribution in [0.15, 0.2) is 36.7 Å². The van der Waals surface area contributed by atoms with Crippen molar-refractivity contribution in [1.82, 2.24) is 29.7 Å². The molecule has 1 aliphatic heterocycles. The third-order valence-electron chi connectivity index (χ3n) is 5.03. The molecule has 0 amide bonds. The Kier molecular flexibility index (Phi) is 12.8. The summed E-state index contributed by atoms with van der Waals surface area (Å²) in [6.45, 7) is 12.6. The number of hydrogen-bond donors (Lipinski definition) is 2. The summed E-state index contributed by atoms with van der Waals surface area (Å²) in [7, 11) is 0. The Morgan fingerprint density at radius 3 is 1.81 bits per heavy atom. The number of fused-ring (bicyclic) bond motifs is 2. The first-order valence-corrected chi connectivity index (χ1v) is 12.6. The molecular formula is C28H42N6O8. The second-order valence-electron chi connectivity index (χ2n) is 9.88. The number of carbonyl (C=O) groups excluding carboxylic acids is 2. The lowest BCUT2D eigenvalue weighted by Crippen LogP contribution is -2.27. The van der Waals surface area contributed by atoms with Crippen LogP contribution in [0, 0.1) is 0 Å². The van der Waals surface area contributed by atoms with E-state index in [0.29, 0.717) is 16.8 Å². The average Bonchev–Trinajstić information content (AvgIpc) is 3.27. The minimum absolute atomic E-state index is 0. The zero-order valence-electron chi connectivity index (χ0n) is 23.3. The summed E-state index contributed by atoms with van der Waals surface area (Å²) < 4.78 is 22.8. The molecule has 0 atom stereocenters. The van der Waals surface area contributed by atoms with E-state index in [2.05, 4.69) is 34.5 Å². The van der Waals surface area contributed by atoms with Crippen molar-refractivity contribution in [2.24, 2.45) is 0 Å². The summed E-state index contributed by atoms with van der Waals surface area (Å²) in [5, 5.41) is 33.8. The number of aromatic hydroxyl groups is 1. The molecule has 4 aromatic heterocycles. The van der Waals surface area contributed by atoms with Gasteiger partial charge in [-0.3, -0.25) is 0 Å². The van der Waals surface area contributed by atoms with E-state index in [1.165, 1.54) is 21.3 Å². The van der Waals surface area contributed by atoms with Crippen molar-refractivity contribution in [2.45, 2.75) is 67.6 Å². The normalized spacial score (nSPS) is 12.8. The fourth-order valence-electron chi connectivity index (χ4n) is 2.94. The largest absolute Gasteiger partial charge is 0.506 e. The third-order valence-corrected chi connectivity index (χ3v) is 5.03. The first-order valence-electron chi connectivity index (χ1n) is 12.6. The molecule has 14 heteroatoms. The minimum Gasteiger partial charge on any atom is -0.506 e. The molecule has 0 aromatic carbocycles. The SMILES string of the molecule is C.C.CC1(C)CO1.CCOC(=O)c1nnn2cc(O)ccc12.CCOC(=O)c1nnn2cc(OCC(C)(C)O)ccc12. The van der Waals surface area contributed by atoms with E-state index in [4.69, 9.17) is 18.9 Å². The van der Waals surface area contributed by atoms with E-state index in [1.54, 1.807) is 52.1 Å². The van der Waals surface area contributed by atoms with Crippen LogP contribution < -0.4 is 4.74 Å². The summed E-state index contributed by atoms with van der Waals surface area (Å²) in [5.41, 5.74) is 0.691. The number of pyridine rings is 2. The highest BCUT2D eigenvalue weighted by atomic mass is 16.6. The van der Waals surface area contributed by atoms with Crippen LogP contribution in [0.2, 0.25) is 0 Å². The highest BCUT2D eigenvalue weighted by Crippen LogP contribution is 2.23. The molecule has 0 spiro atoms. The Morgan fingerprint density at radius 2 is 1.38 bits per heavy atom. The van der Waals surface area contributed by atoms with Crippen molar-refractivity contribution in [3.8, 4) is 11.5 Å². The van der Waals surface area contributed by atoms with E-state index in [-0.39, 0.29) is 57.4 Å².